The van der Waals surface area contributed by atoms with Gasteiger partial charge in [-0.3, -0.25) is 4.79 Å². The highest BCUT2D eigenvalue weighted by Crippen LogP contribution is 1.69. The first-order chi connectivity index (χ1) is 4.31. The summed E-state index contributed by atoms with van der Waals surface area (Å²) in [6.45, 7) is 1.78. The van der Waals surface area contributed by atoms with Crippen molar-refractivity contribution in [2.24, 2.45) is 0 Å². The molecule has 0 saturated heterocycles. The summed E-state index contributed by atoms with van der Waals surface area (Å²) < 4.78 is 0. The quantitative estimate of drug-likeness (QED) is 0.424. The van der Waals surface area contributed by atoms with Gasteiger partial charge in [-0.2, -0.15) is 0 Å². The molecule has 0 bridgehead atoms. The van der Waals surface area contributed by atoms with Gasteiger partial charge in [-0.25, -0.2) is 0 Å². The van der Waals surface area contributed by atoms with E-state index in [2.05, 4.69) is 5.32 Å². The molecule has 50 valence electrons. The van der Waals surface area contributed by atoms with E-state index >= 15 is 0 Å². The zero-order valence-electron chi connectivity index (χ0n) is 5.16. The fraction of sp³-hybridized carbons (Fsp3) is 0.167. The van der Waals surface area contributed by atoms with Crippen LogP contribution in [0.4, 0.5) is 0 Å². The molecule has 0 aliphatic carbocycles. The van der Waals surface area contributed by atoms with Crippen molar-refractivity contribution in [1.82, 2.24) is 5.32 Å². The van der Waals surface area contributed by atoms with Crippen molar-refractivity contribution in [3.05, 3.63) is 24.6 Å². The average molecular weight is 127 g/mol. The van der Waals surface area contributed by atoms with Crippen molar-refractivity contribution in [3.8, 4) is 0 Å². The molecule has 0 rings (SSSR count). The van der Waals surface area contributed by atoms with E-state index in [0.29, 0.717) is 6.26 Å². The molecule has 0 aliphatic heterocycles. The molecule has 0 fully saturated rings. The Kier molecular flexibility index (Phi) is 4.22. The molecular formula is C6H9NO2. The zero-order chi connectivity index (χ0) is 7.11. The van der Waals surface area contributed by atoms with E-state index in [9.17, 15) is 4.79 Å². The maximum Gasteiger partial charge on any atom is 0.250 e. The Bertz CT molecular complexity index is 138. The summed E-state index contributed by atoms with van der Waals surface area (Å²) in [7, 11) is 0. The van der Waals surface area contributed by atoms with Crippen LogP contribution in [0, 0.1) is 0 Å². The minimum Gasteiger partial charge on any atom is -0.515 e. The first kappa shape index (κ1) is 7.75. The van der Waals surface area contributed by atoms with Gasteiger partial charge in [-0.05, 0) is 13.1 Å². The molecule has 0 aromatic carbocycles. The van der Waals surface area contributed by atoms with Gasteiger partial charge in [0.05, 0.1) is 6.26 Å². The van der Waals surface area contributed by atoms with Crippen molar-refractivity contribution >= 4 is 5.91 Å². The van der Waals surface area contributed by atoms with E-state index in [1.54, 1.807) is 13.0 Å². The van der Waals surface area contributed by atoms with Crippen LogP contribution in [0.25, 0.3) is 0 Å². The standard InChI is InChI=1S/C6H9NO2/c1-2-4-7-6(9)3-5-8/h2-5,8H,1H3,(H,7,9)/b4-2-,5-3+. The molecule has 0 spiro atoms. The highest BCUT2D eigenvalue weighted by atomic mass is 16.2. The smallest absolute Gasteiger partial charge is 0.250 e. The number of hydrogen-bond acceptors (Lipinski definition) is 2. The Morgan fingerprint density at radius 1 is 1.67 bits per heavy atom. The van der Waals surface area contributed by atoms with Crippen LogP contribution in [0.15, 0.2) is 24.6 Å². The number of nitrogens with one attached hydrogen (secondary N) is 1. The van der Waals surface area contributed by atoms with Crippen LogP contribution >= 0.6 is 0 Å². The summed E-state index contributed by atoms with van der Waals surface area (Å²) in [5, 5.41) is 10.4. The molecule has 2 N–H and O–H groups in total. The van der Waals surface area contributed by atoms with Gasteiger partial charge >= 0.3 is 0 Å². The summed E-state index contributed by atoms with van der Waals surface area (Å²) in [4.78, 5) is 10.4. The fourth-order valence-corrected chi connectivity index (χ4v) is 0.281. The molecule has 0 aromatic heterocycles. The summed E-state index contributed by atoms with van der Waals surface area (Å²) >= 11 is 0. The second-order valence-corrected chi connectivity index (χ2v) is 1.32. The third-order valence-electron chi connectivity index (χ3n) is 0.618. The zero-order valence-corrected chi connectivity index (χ0v) is 5.16. The van der Waals surface area contributed by atoms with Gasteiger partial charge in [-0.1, -0.05) is 6.08 Å². The number of carbonyl (C=O) groups is 1. The van der Waals surface area contributed by atoms with Gasteiger partial charge in [0.2, 0.25) is 0 Å². The second-order valence-electron chi connectivity index (χ2n) is 1.32. The first-order valence-corrected chi connectivity index (χ1v) is 2.53. The summed E-state index contributed by atoms with van der Waals surface area (Å²) in [5.41, 5.74) is 0. The molecule has 0 unspecified atom stereocenters. The van der Waals surface area contributed by atoms with Crippen molar-refractivity contribution < 1.29 is 9.90 Å². The lowest BCUT2D eigenvalue weighted by Crippen LogP contribution is -2.12. The van der Waals surface area contributed by atoms with E-state index in [0.717, 1.165) is 6.08 Å². The number of aliphatic hydroxyl groups excluding tert-OH is 1. The second kappa shape index (κ2) is 4.90. The third kappa shape index (κ3) is 4.61. The topological polar surface area (TPSA) is 49.3 Å². The number of carbonyl (C=O) groups excluding carboxylic acids is 1. The molecule has 0 aliphatic rings. The molecule has 0 heterocycles. The van der Waals surface area contributed by atoms with Crippen LogP contribution in [0.5, 0.6) is 0 Å². The van der Waals surface area contributed by atoms with Crippen LogP contribution in [0.3, 0.4) is 0 Å². The van der Waals surface area contributed by atoms with Gasteiger partial charge < -0.3 is 10.4 Å². The van der Waals surface area contributed by atoms with Gasteiger partial charge in [0.1, 0.15) is 0 Å². The minimum absolute atomic E-state index is 0.337. The van der Waals surface area contributed by atoms with E-state index in [-0.39, 0.29) is 5.91 Å². The Labute approximate surface area is 53.7 Å². The van der Waals surface area contributed by atoms with Gasteiger partial charge in [0.25, 0.3) is 5.91 Å². The Hall–Kier alpha value is -1.25. The Balaban J connectivity index is 3.51. The predicted octanol–water partition coefficient (Wildman–Crippen LogP) is 0.708. The van der Waals surface area contributed by atoms with Crippen molar-refractivity contribution in [3.63, 3.8) is 0 Å². The number of rotatable bonds is 2. The lowest BCUT2D eigenvalue weighted by molar-refractivity contribution is -0.115. The lowest BCUT2D eigenvalue weighted by atomic mass is 10.5. The molecular weight excluding hydrogens is 118 g/mol. The SMILES string of the molecule is C/C=C\NC(=O)/C=C/O. The first-order valence-electron chi connectivity index (χ1n) is 2.53. The van der Waals surface area contributed by atoms with Crippen LogP contribution in [-0.2, 0) is 4.79 Å². The highest BCUT2D eigenvalue weighted by Gasteiger charge is 1.85. The normalized spacial score (nSPS) is 10.8. The monoisotopic (exact) mass is 127 g/mol. The van der Waals surface area contributed by atoms with Crippen molar-refractivity contribution in [2.75, 3.05) is 0 Å². The number of hydrogen-bond donors (Lipinski definition) is 2. The van der Waals surface area contributed by atoms with Crippen molar-refractivity contribution in [1.29, 1.82) is 0 Å². The number of amides is 1. The molecule has 3 heteroatoms. The molecule has 0 radical (unpaired) electrons. The van der Waals surface area contributed by atoms with Crippen LogP contribution in [0.2, 0.25) is 0 Å². The van der Waals surface area contributed by atoms with E-state index < -0.39 is 0 Å². The van der Waals surface area contributed by atoms with Crippen LogP contribution in [-0.4, -0.2) is 11.0 Å². The predicted molar refractivity (Wildman–Crippen MR) is 34.7 cm³/mol. The lowest BCUT2D eigenvalue weighted by Gasteiger charge is -1.87. The number of aliphatic hydroxyl groups is 1. The minimum atomic E-state index is -0.337. The van der Waals surface area contributed by atoms with Crippen molar-refractivity contribution in [2.45, 2.75) is 6.92 Å². The van der Waals surface area contributed by atoms with E-state index in [1.807, 2.05) is 0 Å². The maximum atomic E-state index is 10.4. The molecule has 3 nitrogen and oxygen atoms in total. The maximum absolute atomic E-state index is 10.4. The fourth-order valence-electron chi connectivity index (χ4n) is 0.281. The number of allylic oxidation sites excluding steroid dienone is 1. The van der Waals surface area contributed by atoms with E-state index in [1.165, 1.54) is 6.20 Å². The van der Waals surface area contributed by atoms with Gasteiger partial charge in [0.15, 0.2) is 0 Å². The third-order valence-corrected chi connectivity index (χ3v) is 0.618. The molecule has 1 amide bonds. The Morgan fingerprint density at radius 2 is 2.33 bits per heavy atom. The van der Waals surface area contributed by atoms with Gasteiger partial charge in [-0.15, -0.1) is 0 Å². The van der Waals surface area contributed by atoms with E-state index in [4.69, 9.17) is 5.11 Å². The Morgan fingerprint density at radius 3 is 2.78 bits per heavy atom. The van der Waals surface area contributed by atoms with Gasteiger partial charge in [0, 0.05) is 6.08 Å². The molecule has 9 heavy (non-hydrogen) atoms. The largest absolute Gasteiger partial charge is 0.515 e. The van der Waals surface area contributed by atoms with Crippen LogP contribution < -0.4 is 5.32 Å². The van der Waals surface area contributed by atoms with Crippen LogP contribution in [0.1, 0.15) is 6.92 Å². The summed E-state index contributed by atoms with van der Waals surface area (Å²) in [5.74, 6) is -0.337. The average Bonchev–Trinajstić information content (AvgIpc) is 1.85. The molecule has 0 saturated carbocycles. The highest BCUT2D eigenvalue weighted by molar-refractivity contribution is 5.87. The summed E-state index contributed by atoms with van der Waals surface area (Å²) in [6.07, 6.45) is 4.89. The molecule has 0 atom stereocenters. The molecule has 0 aromatic rings. The summed E-state index contributed by atoms with van der Waals surface area (Å²) in [6, 6.07) is 0.